The van der Waals surface area contributed by atoms with E-state index in [0.717, 1.165) is 36.8 Å². The van der Waals surface area contributed by atoms with Crippen molar-refractivity contribution in [3.05, 3.63) is 94.5 Å². The van der Waals surface area contributed by atoms with Gasteiger partial charge in [0.2, 0.25) is 0 Å². The molecule has 28 heavy (non-hydrogen) atoms. The Labute approximate surface area is 170 Å². The largest absolute Gasteiger partial charge is 0.294 e. The maximum Gasteiger partial charge on any atom is 0.0615 e. The highest BCUT2D eigenvalue weighted by Crippen LogP contribution is 2.46. The van der Waals surface area contributed by atoms with Gasteiger partial charge in [-0.2, -0.15) is 5.10 Å². The van der Waals surface area contributed by atoms with E-state index in [2.05, 4.69) is 63.5 Å². The van der Waals surface area contributed by atoms with Gasteiger partial charge in [-0.15, -0.1) is 0 Å². The summed E-state index contributed by atoms with van der Waals surface area (Å²) < 4.78 is 0. The molecular weight excluding hydrogens is 366 g/mol. The van der Waals surface area contributed by atoms with Crippen molar-refractivity contribution in [3.63, 3.8) is 0 Å². The molecule has 3 nitrogen and oxygen atoms in total. The minimum atomic E-state index is 0.353. The molecule has 0 atom stereocenters. The van der Waals surface area contributed by atoms with Gasteiger partial charge in [-0.1, -0.05) is 72.3 Å². The zero-order chi connectivity index (χ0) is 18.9. The third kappa shape index (κ3) is 3.21. The van der Waals surface area contributed by atoms with E-state index in [-0.39, 0.29) is 0 Å². The molecule has 4 heteroatoms. The van der Waals surface area contributed by atoms with Crippen LogP contribution in [-0.2, 0) is 0 Å². The third-order valence-electron chi connectivity index (χ3n) is 5.68. The van der Waals surface area contributed by atoms with E-state index in [9.17, 15) is 0 Å². The molecule has 1 saturated heterocycles. The van der Waals surface area contributed by atoms with Gasteiger partial charge in [0.25, 0.3) is 0 Å². The van der Waals surface area contributed by atoms with Crippen LogP contribution in [-0.4, -0.2) is 42.3 Å². The fraction of sp³-hybridized carbons (Fsp3) is 0.208. The Bertz CT molecular complexity index is 976. The van der Waals surface area contributed by atoms with Crippen molar-refractivity contribution in [1.82, 2.24) is 9.91 Å². The Kier molecular flexibility index (Phi) is 4.63. The lowest BCUT2D eigenvalue weighted by molar-refractivity contribution is 0.114. The van der Waals surface area contributed by atoms with E-state index in [1.165, 1.54) is 22.3 Å². The summed E-state index contributed by atoms with van der Waals surface area (Å²) >= 11 is 6.06. The van der Waals surface area contributed by atoms with Gasteiger partial charge in [0.1, 0.15) is 0 Å². The van der Waals surface area contributed by atoms with Gasteiger partial charge < -0.3 is 0 Å². The number of benzene rings is 3. The maximum absolute atomic E-state index is 6.06. The summed E-state index contributed by atoms with van der Waals surface area (Å²) in [6.07, 6.45) is 1.90. The van der Waals surface area contributed by atoms with Crippen LogP contribution in [0.5, 0.6) is 0 Å². The van der Waals surface area contributed by atoms with Crippen molar-refractivity contribution in [2.75, 3.05) is 26.2 Å². The molecule has 1 aliphatic heterocycles. The molecule has 1 fully saturated rings. The van der Waals surface area contributed by atoms with Crippen LogP contribution in [0.25, 0.3) is 11.1 Å². The fourth-order valence-corrected chi connectivity index (χ4v) is 4.54. The standard InChI is InChI=1S/C24H22ClN3/c25-19-7-5-6-18(16-19)17-26-28-14-12-27(13-15-28)24-22-10-3-1-8-20(22)21-9-2-4-11-23(21)24/h1-11,16-17,24H,12-15H2. The fourth-order valence-electron chi connectivity index (χ4n) is 4.34. The highest BCUT2D eigenvalue weighted by atomic mass is 35.5. The summed E-state index contributed by atoms with van der Waals surface area (Å²) in [5.74, 6) is 0. The highest BCUT2D eigenvalue weighted by molar-refractivity contribution is 6.30. The molecule has 0 radical (unpaired) electrons. The van der Waals surface area contributed by atoms with E-state index < -0.39 is 0 Å². The number of piperazine rings is 1. The quantitative estimate of drug-likeness (QED) is 0.585. The van der Waals surface area contributed by atoms with Crippen molar-refractivity contribution in [3.8, 4) is 11.1 Å². The SMILES string of the molecule is Clc1cccc(C=NN2CCN(C3c4ccccc4-c4ccccc43)CC2)c1. The normalized spacial score (nSPS) is 17.1. The number of rotatable bonds is 3. The molecule has 3 aromatic rings. The second-order valence-corrected chi connectivity index (χ2v) is 7.80. The van der Waals surface area contributed by atoms with Crippen LogP contribution in [0.1, 0.15) is 22.7 Å². The van der Waals surface area contributed by atoms with Crippen molar-refractivity contribution in [2.24, 2.45) is 5.10 Å². The Balaban J connectivity index is 1.32. The second kappa shape index (κ2) is 7.42. The average Bonchev–Trinajstić information content (AvgIpc) is 3.07. The number of hydrogen-bond donors (Lipinski definition) is 0. The monoisotopic (exact) mass is 387 g/mol. The van der Waals surface area contributed by atoms with Gasteiger partial charge >= 0.3 is 0 Å². The average molecular weight is 388 g/mol. The zero-order valence-corrected chi connectivity index (χ0v) is 16.4. The number of nitrogens with zero attached hydrogens (tertiary/aromatic N) is 3. The lowest BCUT2D eigenvalue weighted by atomic mass is 10.0. The minimum Gasteiger partial charge on any atom is -0.294 e. The van der Waals surface area contributed by atoms with Gasteiger partial charge in [0.15, 0.2) is 0 Å². The molecule has 0 N–H and O–H groups in total. The molecule has 0 spiro atoms. The van der Waals surface area contributed by atoms with Crippen molar-refractivity contribution in [2.45, 2.75) is 6.04 Å². The lowest BCUT2D eigenvalue weighted by Crippen LogP contribution is -2.45. The van der Waals surface area contributed by atoms with Crippen LogP contribution in [0.15, 0.2) is 77.9 Å². The smallest absolute Gasteiger partial charge is 0.0615 e. The summed E-state index contributed by atoms with van der Waals surface area (Å²) in [5.41, 5.74) is 6.65. The van der Waals surface area contributed by atoms with E-state index in [1.807, 2.05) is 30.5 Å². The first-order chi connectivity index (χ1) is 13.8. The minimum absolute atomic E-state index is 0.353. The van der Waals surface area contributed by atoms with Crippen LogP contribution in [0.2, 0.25) is 5.02 Å². The van der Waals surface area contributed by atoms with Gasteiger partial charge in [0.05, 0.1) is 12.3 Å². The summed E-state index contributed by atoms with van der Waals surface area (Å²) in [6.45, 7) is 3.86. The molecule has 1 heterocycles. The Morgan fingerprint density at radius 1 is 0.786 bits per heavy atom. The maximum atomic E-state index is 6.06. The molecule has 0 amide bonds. The molecule has 0 bridgehead atoms. The molecule has 140 valence electrons. The number of fused-ring (bicyclic) bond motifs is 3. The van der Waals surface area contributed by atoms with E-state index >= 15 is 0 Å². The predicted octanol–water partition coefficient (Wildman–Crippen LogP) is 5.06. The lowest BCUT2D eigenvalue weighted by Gasteiger charge is -2.37. The van der Waals surface area contributed by atoms with Crippen LogP contribution in [0, 0.1) is 0 Å². The van der Waals surface area contributed by atoms with Gasteiger partial charge in [-0.3, -0.25) is 9.91 Å². The highest BCUT2D eigenvalue weighted by Gasteiger charge is 2.33. The van der Waals surface area contributed by atoms with Crippen LogP contribution in [0.4, 0.5) is 0 Å². The van der Waals surface area contributed by atoms with E-state index in [4.69, 9.17) is 11.6 Å². The van der Waals surface area contributed by atoms with Crippen LogP contribution >= 0.6 is 11.6 Å². The van der Waals surface area contributed by atoms with Crippen molar-refractivity contribution >= 4 is 17.8 Å². The first kappa shape index (κ1) is 17.5. The predicted molar refractivity (Wildman–Crippen MR) is 116 cm³/mol. The van der Waals surface area contributed by atoms with Crippen LogP contribution < -0.4 is 0 Å². The van der Waals surface area contributed by atoms with E-state index in [1.54, 1.807) is 0 Å². The summed E-state index contributed by atoms with van der Waals surface area (Å²) in [7, 11) is 0. The Hall–Kier alpha value is -2.62. The van der Waals surface area contributed by atoms with Crippen LogP contribution in [0.3, 0.4) is 0 Å². The number of halogens is 1. The van der Waals surface area contributed by atoms with Gasteiger partial charge in [-0.25, -0.2) is 0 Å². The van der Waals surface area contributed by atoms with Gasteiger partial charge in [-0.05, 0) is 39.9 Å². The van der Waals surface area contributed by atoms with Gasteiger partial charge in [0, 0.05) is 31.2 Å². The van der Waals surface area contributed by atoms with E-state index in [0.29, 0.717) is 6.04 Å². The zero-order valence-electron chi connectivity index (χ0n) is 15.6. The topological polar surface area (TPSA) is 18.8 Å². The van der Waals surface area contributed by atoms with Crippen molar-refractivity contribution in [1.29, 1.82) is 0 Å². The molecular formula is C24H22ClN3. The second-order valence-electron chi connectivity index (χ2n) is 7.37. The molecule has 0 saturated carbocycles. The number of hydrogen-bond acceptors (Lipinski definition) is 3. The molecule has 2 aliphatic rings. The molecule has 1 aliphatic carbocycles. The summed E-state index contributed by atoms with van der Waals surface area (Å²) in [6, 6.07) is 25.8. The molecule has 3 aromatic carbocycles. The summed E-state index contributed by atoms with van der Waals surface area (Å²) in [5, 5.41) is 7.57. The molecule has 0 unspecified atom stereocenters. The number of hydrazone groups is 1. The first-order valence-electron chi connectivity index (χ1n) is 9.76. The molecule has 0 aromatic heterocycles. The first-order valence-corrected chi connectivity index (χ1v) is 10.1. The summed E-state index contributed by atoms with van der Waals surface area (Å²) in [4.78, 5) is 2.59. The molecule has 5 rings (SSSR count). The third-order valence-corrected chi connectivity index (χ3v) is 5.91. The Morgan fingerprint density at radius 3 is 2.07 bits per heavy atom. The van der Waals surface area contributed by atoms with Crippen molar-refractivity contribution < 1.29 is 0 Å². The Morgan fingerprint density at radius 2 is 1.43 bits per heavy atom.